The third-order valence-corrected chi connectivity index (χ3v) is 3.31. The molecular formula is C16H21NO. The minimum absolute atomic E-state index is 0.988. The van der Waals surface area contributed by atoms with Crippen LogP contribution >= 0.6 is 0 Å². The number of ether oxygens (including phenoxy) is 1. The topological polar surface area (TPSA) is 12.5 Å². The highest BCUT2D eigenvalue weighted by Gasteiger charge is 2.19. The number of nitrogens with zero attached hydrogens (tertiary/aromatic N) is 1. The normalized spacial score (nSPS) is 15.4. The lowest BCUT2D eigenvalue weighted by Gasteiger charge is -2.27. The molecule has 1 aliphatic rings. The second kappa shape index (κ2) is 5.30. The van der Waals surface area contributed by atoms with Gasteiger partial charge in [-0.1, -0.05) is 29.8 Å². The van der Waals surface area contributed by atoms with Crippen LogP contribution in [0.25, 0.3) is 5.57 Å². The van der Waals surface area contributed by atoms with Crippen LogP contribution in [0.15, 0.2) is 41.8 Å². The summed E-state index contributed by atoms with van der Waals surface area (Å²) in [5, 5.41) is 0. The summed E-state index contributed by atoms with van der Waals surface area (Å²) in [5.74, 6) is 0.988. The zero-order valence-electron chi connectivity index (χ0n) is 11.7. The van der Waals surface area contributed by atoms with Crippen LogP contribution in [0.3, 0.4) is 0 Å². The van der Waals surface area contributed by atoms with Crippen LogP contribution in [0.5, 0.6) is 0 Å². The standard InChI is InChI=1S/C16H21NO/c1-12-8-10-13(11-9-12)14-6-5-7-15(18-4)16(14)17(2)3/h7-11H,5-6H2,1-4H3. The summed E-state index contributed by atoms with van der Waals surface area (Å²) < 4.78 is 5.50. The van der Waals surface area contributed by atoms with Crippen LogP contribution < -0.4 is 0 Å². The van der Waals surface area contributed by atoms with Gasteiger partial charge in [0.05, 0.1) is 12.8 Å². The van der Waals surface area contributed by atoms with Crippen LogP contribution in [0, 0.1) is 6.92 Å². The Hall–Kier alpha value is -1.70. The van der Waals surface area contributed by atoms with Crippen molar-refractivity contribution in [2.75, 3.05) is 21.2 Å². The van der Waals surface area contributed by atoms with Gasteiger partial charge in [0, 0.05) is 14.1 Å². The van der Waals surface area contributed by atoms with Gasteiger partial charge >= 0.3 is 0 Å². The van der Waals surface area contributed by atoms with E-state index in [1.54, 1.807) is 7.11 Å². The van der Waals surface area contributed by atoms with E-state index < -0.39 is 0 Å². The van der Waals surface area contributed by atoms with E-state index in [1.807, 2.05) is 0 Å². The molecule has 0 atom stereocenters. The Kier molecular flexibility index (Phi) is 3.75. The number of allylic oxidation sites excluding steroid dienone is 2. The van der Waals surface area contributed by atoms with Crippen molar-refractivity contribution in [3.63, 3.8) is 0 Å². The molecule has 0 fully saturated rings. The predicted molar refractivity (Wildman–Crippen MR) is 76.1 cm³/mol. The van der Waals surface area contributed by atoms with E-state index in [2.05, 4.69) is 56.3 Å². The van der Waals surface area contributed by atoms with Gasteiger partial charge in [0.1, 0.15) is 5.76 Å². The first-order valence-corrected chi connectivity index (χ1v) is 6.35. The van der Waals surface area contributed by atoms with Crippen LogP contribution in [-0.2, 0) is 4.74 Å². The highest BCUT2D eigenvalue weighted by Crippen LogP contribution is 2.33. The summed E-state index contributed by atoms with van der Waals surface area (Å²) >= 11 is 0. The summed E-state index contributed by atoms with van der Waals surface area (Å²) in [5.41, 5.74) is 5.17. The van der Waals surface area contributed by atoms with E-state index in [4.69, 9.17) is 4.74 Å². The van der Waals surface area contributed by atoms with Gasteiger partial charge in [-0.15, -0.1) is 0 Å². The van der Waals surface area contributed by atoms with Crippen LogP contribution in [0.4, 0.5) is 0 Å². The molecule has 2 heteroatoms. The van der Waals surface area contributed by atoms with Crippen molar-refractivity contribution < 1.29 is 4.74 Å². The summed E-state index contributed by atoms with van der Waals surface area (Å²) in [6.45, 7) is 2.12. The maximum atomic E-state index is 5.50. The van der Waals surface area contributed by atoms with Crippen LogP contribution in [-0.4, -0.2) is 26.1 Å². The van der Waals surface area contributed by atoms with E-state index >= 15 is 0 Å². The SMILES string of the molecule is COC1=CCCC(c2ccc(C)cc2)=C1N(C)C. The van der Waals surface area contributed by atoms with Gasteiger partial charge in [-0.3, -0.25) is 0 Å². The molecule has 0 bridgehead atoms. The van der Waals surface area contributed by atoms with Crippen LogP contribution in [0.1, 0.15) is 24.0 Å². The zero-order chi connectivity index (χ0) is 13.1. The van der Waals surface area contributed by atoms with E-state index in [0.717, 1.165) is 18.6 Å². The molecule has 0 spiro atoms. The Morgan fingerprint density at radius 1 is 1.11 bits per heavy atom. The lowest BCUT2D eigenvalue weighted by molar-refractivity contribution is 0.276. The van der Waals surface area contributed by atoms with Gasteiger partial charge in [0.2, 0.25) is 0 Å². The number of hydrogen-bond donors (Lipinski definition) is 0. The van der Waals surface area contributed by atoms with E-state index in [1.165, 1.54) is 22.4 Å². The van der Waals surface area contributed by atoms with Crippen molar-refractivity contribution in [2.24, 2.45) is 0 Å². The van der Waals surface area contributed by atoms with Crippen LogP contribution in [0.2, 0.25) is 0 Å². The highest BCUT2D eigenvalue weighted by molar-refractivity contribution is 5.72. The summed E-state index contributed by atoms with van der Waals surface area (Å²) in [6, 6.07) is 8.74. The molecule has 0 saturated carbocycles. The molecule has 1 aromatic rings. The second-order valence-electron chi connectivity index (χ2n) is 4.90. The molecule has 0 radical (unpaired) electrons. The average molecular weight is 243 g/mol. The number of benzene rings is 1. The van der Waals surface area contributed by atoms with Gasteiger partial charge in [-0.25, -0.2) is 0 Å². The number of likely N-dealkylation sites (N-methyl/N-ethyl adjacent to an activating group) is 1. The monoisotopic (exact) mass is 243 g/mol. The summed E-state index contributed by atoms with van der Waals surface area (Å²) in [4.78, 5) is 2.14. The van der Waals surface area contributed by atoms with Gasteiger partial charge in [-0.05, 0) is 37.0 Å². The zero-order valence-corrected chi connectivity index (χ0v) is 11.7. The minimum atomic E-state index is 0.988. The molecule has 2 nitrogen and oxygen atoms in total. The van der Waals surface area contributed by atoms with Crippen molar-refractivity contribution in [1.82, 2.24) is 4.90 Å². The minimum Gasteiger partial charge on any atom is -0.495 e. The molecule has 0 aliphatic heterocycles. The van der Waals surface area contributed by atoms with Crippen molar-refractivity contribution in [3.8, 4) is 0 Å². The lowest BCUT2D eigenvalue weighted by Crippen LogP contribution is -2.18. The second-order valence-corrected chi connectivity index (χ2v) is 4.90. The first kappa shape index (κ1) is 12.7. The van der Waals surface area contributed by atoms with Gasteiger partial charge in [-0.2, -0.15) is 0 Å². The molecule has 0 aromatic heterocycles. The number of methoxy groups -OCH3 is 1. The molecule has 96 valence electrons. The van der Waals surface area contributed by atoms with E-state index in [9.17, 15) is 0 Å². The molecule has 0 N–H and O–H groups in total. The predicted octanol–water partition coefficient (Wildman–Crippen LogP) is 3.59. The fourth-order valence-corrected chi connectivity index (χ4v) is 2.42. The third kappa shape index (κ3) is 2.42. The van der Waals surface area contributed by atoms with Gasteiger partial charge < -0.3 is 9.64 Å². The van der Waals surface area contributed by atoms with Gasteiger partial charge in [0.15, 0.2) is 0 Å². The van der Waals surface area contributed by atoms with Crippen molar-refractivity contribution in [2.45, 2.75) is 19.8 Å². The maximum absolute atomic E-state index is 5.50. The Bertz CT molecular complexity index is 480. The van der Waals surface area contributed by atoms with Crippen molar-refractivity contribution in [3.05, 3.63) is 52.9 Å². The average Bonchev–Trinajstić information content (AvgIpc) is 2.38. The first-order valence-electron chi connectivity index (χ1n) is 6.35. The smallest absolute Gasteiger partial charge is 0.138 e. The quantitative estimate of drug-likeness (QED) is 0.804. The van der Waals surface area contributed by atoms with Gasteiger partial charge in [0.25, 0.3) is 0 Å². The fourth-order valence-electron chi connectivity index (χ4n) is 2.42. The third-order valence-electron chi connectivity index (χ3n) is 3.31. The number of rotatable bonds is 3. The molecule has 0 saturated heterocycles. The van der Waals surface area contributed by atoms with Crippen molar-refractivity contribution >= 4 is 5.57 Å². The molecule has 1 aliphatic carbocycles. The van der Waals surface area contributed by atoms with E-state index in [-0.39, 0.29) is 0 Å². The Labute approximate surface area is 110 Å². The fraction of sp³-hybridized carbons (Fsp3) is 0.375. The Morgan fingerprint density at radius 2 is 1.78 bits per heavy atom. The molecule has 0 heterocycles. The van der Waals surface area contributed by atoms with E-state index in [0.29, 0.717) is 0 Å². The molecule has 18 heavy (non-hydrogen) atoms. The number of hydrogen-bond acceptors (Lipinski definition) is 2. The Morgan fingerprint density at radius 3 is 2.33 bits per heavy atom. The molecule has 0 amide bonds. The first-order chi connectivity index (χ1) is 8.63. The maximum Gasteiger partial charge on any atom is 0.138 e. The largest absolute Gasteiger partial charge is 0.495 e. The molecule has 0 unspecified atom stereocenters. The summed E-state index contributed by atoms with van der Waals surface area (Å²) in [6.07, 6.45) is 4.29. The Balaban J connectivity index is 2.50. The lowest BCUT2D eigenvalue weighted by atomic mass is 9.93. The molecule has 2 rings (SSSR count). The molecular weight excluding hydrogens is 222 g/mol. The summed E-state index contributed by atoms with van der Waals surface area (Å²) in [7, 11) is 5.89. The molecule has 1 aromatic carbocycles. The number of aryl methyl sites for hydroxylation is 1. The highest BCUT2D eigenvalue weighted by atomic mass is 16.5. The van der Waals surface area contributed by atoms with Crippen molar-refractivity contribution in [1.29, 1.82) is 0 Å².